The number of rotatable bonds is 1. The second-order valence-corrected chi connectivity index (χ2v) is 5.17. The van der Waals surface area contributed by atoms with E-state index in [1.54, 1.807) is 12.1 Å². The van der Waals surface area contributed by atoms with Gasteiger partial charge in [-0.05, 0) is 22.0 Å². The minimum Gasteiger partial charge on any atom is -0.384 e. The van der Waals surface area contributed by atoms with Gasteiger partial charge in [0, 0.05) is 15.6 Å². The molecule has 0 aliphatic rings. The molecule has 0 amide bonds. The highest BCUT2D eigenvalue weighted by Gasteiger charge is 2.22. The van der Waals surface area contributed by atoms with E-state index in [1.807, 2.05) is 0 Å². The van der Waals surface area contributed by atoms with Crippen LogP contribution in [0.3, 0.4) is 0 Å². The molecular weight excluding hydrogens is 363 g/mol. The van der Waals surface area contributed by atoms with E-state index in [0.29, 0.717) is 4.47 Å². The lowest BCUT2D eigenvalue weighted by Crippen LogP contribution is -2.16. The van der Waals surface area contributed by atoms with Crippen molar-refractivity contribution in [2.45, 2.75) is 0 Å². The molecule has 21 heavy (non-hydrogen) atoms. The molecule has 0 fully saturated rings. The maximum absolute atomic E-state index is 14.3. The Morgan fingerprint density at radius 1 is 1.29 bits per heavy atom. The Labute approximate surface area is 131 Å². The molecule has 2 rings (SSSR count). The van der Waals surface area contributed by atoms with Crippen molar-refractivity contribution < 1.29 is 4.39 Å². The first-order valence-electron chi connectivity index (χ1n) is 5.42. The van der Waals surface area contributed by atoms with Crippen LogP contribution in [0.1, 0.15) is 11.1 Å². The van der Waals surface area contributed by atoms with Crippen LogP contribution in [0, 0.1) is 28.5 Å². The Morgan fingerprint density at radius 2 is 1.90 bits per heavy atom. The van der Waals surface area contributed by atoms with Crippen molar-refractivity contribution >= 4 is 33.3 Å². The molecule has 2 aromatic rings. The van der Waals surface area contributed by atoms with Crippen LogP contribution in [0.15, 0.2) is 21.4 Å². The van der Waals surface area contributed by atoms with E-state index in [-0.39, 0.29) is 27.5 Å². The lowest BCUT2D eigenvalue weighted by Gasteiger charge is -2.11. The summed E-state index contributed by atoms with van der Waals surface area (Å²) in [5.74, 6) is -1.10. The van der Waals surface area contributed by atoms with Crippen LogP contribution in [0.5, 0.6) is 0 Å². The average Bonchev–Trinajstić information content (AvgIpc) is 2.44. The number of aromatic amines is 1. The number of pyridine rings is 1. The first-order chi connectivity index (χ1) is 9.92. The summed E-state index contributed by atoms with van der Waals surface area (Å²) < 4.78 is 14.6. The molecule has 1 aromatic carbocycles. The third-order valence-corrected chi connectivity index (χ3v) is 4.03. The van der Waals surface area contributed by atoms with Crippen LogP contribution < -0.4 is 11.3 Å². The number of nitrogens with zero attached hydrogens (tertiary/aromatic N) is 2. The number of hydrogen-bond acceptors (Lipinski definition) is 4. The normalized spacial score (nSPS) is 9.95. The maximum atomic E-state index is 14.3. The minimum absolute atomic E-state index is 0.144. The minimum atomic E-state index is -0.857. The number of nitriles is 2. The first-order valence-corrected chi connectivity index (χ1v) is 6.59. The van der Waals surface area contributed by atoms with Crippen LogP contribution in [-0.2, 0) is 0 Å². The summed E-state index contributed by atoms with van der Waals surface area (Å²) in [6, 6.07) is 6.16. The second-order valence-electron chi connectivity index (χ2n) is 3.94. The van der Waals surface area contributed by atoms with Crippen LogP contribution in [-0.4, -0.2) is 4.98 Å². The Kier molecular flexibility index (Phi) is 3.99. The van der Waals surface area contributed by atoms with Gasteiger partial charge < -0.3 is 10.7 Å². The van der Waals surface area contributed by atoms with Gasteiger partial charge in [0.1, 0.15) is 29.1 Å². The molecule has 0 unspecified atom stereocenters. The van der Waals surface area contributed by atoms with E-state index in [0.717, 1.165) is 0 Å². The summed E-state index contributed by atoms with van der Waals surface area (Å²) in [6.45, 7) is 0. The van der Waals surface area contributed by atoms with Crippen LogP contribution in [0.25, 0.3) is 11.1 Å². The summed E-state index contributed by atoms with van der Waals surface area (Å²) in [5, 5.41) is 18.0. The number of halogens is 3. The molecular formula is C13H5BrClFN4O. The van der Waals surface area contributed by atoms with E-state index >= 15 is 0 Å². The van der Waals surface area contributed by atoms with Gasteiger partial charge in [-0.25, -0.2) is 4.39 Å². The zero-order valence-electron chi connectivity index (χ0n) is 10.2. The zero-order chi connectivity index (χ0) is 15.7. The largest absolute Gasteiger partial charge is 0.384 e. The Balaban J connectivity index is 3.01. The molecule has 5 nitrogen and oxygen atoms in total. The number of nitrogen functional groups attached to an aromatic ring is 1. The van der Waals surface area contributed by atoms with Crippen LogP contribution >= 0.6 is 27.5 Å². The van der Waals surface area contributed by atoms with Gasteiger partial charge in [-0.2, -0.15) is 10.5 Å². The highest BCUT2D eigenvalue weighted by Crippen LogP contribution is 2.36. The summed E-state index contributed by atoms with van der Waals surface area (Å²) in [7, 11) is 0. The molecule has 0 saturated carbocycles. The SMILES string of the molecule is N#Cc1c(N)[nH]c(=O)c(C#N)c1-c1ccc(Br)c(Cl)c1F. The zero-order valence-corrected chi connectivity index (χ0v) is 12.5. The monoisotopic (exact) mass is 366 g/mol. The fraction of sp³-hybridized carbons (Fsp3) is 0. The van der Waals surface area contributed by atoms with Gasteiger partial charge >= 0.3 is 0 Å². The Hall–Kier alpha value is -2.35. The quantitative estimate of drug-likeness (QED) is 0.756. The molecule has 1 heterocycles. The van der Waals surface area contributed by atoms with E-state index < -0.39 is 16.9 Å². The summed E-state index contributed by atoms with van der Waals surface area (Å²) >= 11 is 8.86. The van der Waals surface area contributed by atoms with Crippen molar-refractivity contribution in [1.29, 1.82) is 10.5 Å². The van der Waals surface area contributed by atoms with E-state index in [2.05, 4.69) is 20.9 Å². The number of nitrogens with one attached hydrogen (secondary N) is 1. The third kappa shape index (κ3) is 2.38. The lowest BCUT2D eigenvalue weighted by atomic mass is 9.96. The van der Waals surface area contributed by atoms with Gasteiger partial charge in [0.15, 0.2) is 5.82 Å². The molecule has 0 bridgehead atoms. The van der Waals surface area contributed by atoms with E-state index in [9.17, 15) is 9.18 Å². The van der Waals surface area contributed by atoms with Crippen molar-refractivity contribution in [2.75, 3.05) is 5.73 Å². The fourth-order valence-corrected chi connectivity index (χ4v) is 2.30. The third-order valence-electron chi connectivity index (χ3n) is 2.77. The van der Waals surface area contributed by atoms with Gasteiger partial charge in [-0.1, -0.05) is 17.7 Å². The highest BCUT2D eigenvalue weighted by atomic mass is 79.9. The Bertz CT molecular complexity index is 895. The van der Waals surface area contributed by atoms with Crippen molar-refractivity contribution in [2.24, 2.45) is 0 Å². The predicted octanol–water partition coefficient (Wildman–Crippen LogP) is 2.92. The molecule has 1 aromatic heterocycles. The maximum Gasteiger partial charge on any atom is 0.268 e. The number of hydrogen-bond donors (Lipinski definition) is 2. The second kappa shape index (κ2) is 5.57. The van der Waals surface area contributed by atoms with Crippen LogP contribution in [0.4, 0.5) is 10.2 Å². The summed E-state index contributed by atoms with van der Waals surface area (Å²) in [5.41, 5.74) is 3.84. The molecule has 0 spiro atoms. The van der Waals surface area contributed by atoms with Crippen molar-refractivity contribution in [3.63, 3.8) is 0 Å². The van der Waals surface area contributed by atoms with Crippen LogP contribution in [0.2, 0.25) is 5.02 Å². The topological polar surface area (TPSA) is 106 Å². The number of aromatic nitrogens is 1. The number of H-pyrrole nitrogens is 1. The van der Waals surface area contributed by atoms with E-state index in [4.69, 9.17) is 27.9 Å². The van der Waals surface area contributed by atoms with Crippen molar-refractivity contribution in [1.82, 2.24) is 4.98 Å². The smallest absolute Gasteiger partial charge is 0.268 e. The molecule has 3 N–H and O–H groups in total. The molecule has 0 saturated heterocycles. The lowest BCUT2D eigenvalue weighted by molar-refractivity contribution is 0.631. The fourth-order valence-electron chi connectivity index (χ4n) is 1.83. The van der Waals surface area contributed by atoms with Crippen molar-refractivity contribution in [3.8, 4) is 23.3 Å². The molecule has 8 heteroatoms. The Morgan fingerprint density at radius 3 is 2.48 bits per heavy atom. The average molecular weight is 368 g/mol. The molecule has 0 atom stereocenters. The molecule has 0 radical (unpaired) electrons. The molecule has 0 aliphatic carbocycles. The first kappa shape index (κ1) is 15.0. The number of benzene rings is 1. The van der Waals surface area contributed by atoms with Gasteiger partial charge in [0.25, 0.3) is 5.56 Å². The van der Waals surface area contributed by atoms with Crippen molar-refractivity contribution in [3.05, 3.63) is 48.9 Å². The highest BCUT2D eigenvalue weighted by molar-refractivity contribution is 9.10. The predicted molar refractivity (Wildman–Crippen MR) is 79.0 cm³/mol. The van der Waals surface area contributed by atoms with Gasteiger partial charge in [-0.3, -0.25) is 4.79 Å². The molecule has 104 valence electrons. The van der Waals surface area contributed by atoms with Gasteiger partial charge in [-0.15, -0.1) is 0 Å². The van der Waals surface area contributed by atoms with Gasteiger partial charge in [0.05, 0.1) is 5.02 Å². The number of anilines is 1. The standard InChI is InChI=1S/C13H5BrClFN4O/c14-8-2-1-5(11(16)10(8)15)9-6(3-17)12(19)20-13(21)7(9)4-18/h1-2H,(H3,19,20,21). The number of nitrogens with two attached hydrogens (primary N) is 1. The van der Waals surface area contributed by atoms with E-state index in [1.165, 1.54) is 12.1 Å². The van der Waals surface area contributed by atoms with Gasteiger partial charge in [0.2, 0.25) is 0 Å². The summed E-state index contributed by atoms with van der Waals surface area (Å²) in [4.78, 5) is 13.9. The summed E-state index contributed by atoms with van der Waals surface area (Å²) in [6.07, 6.45) is 0. The molecule has 0 aliphatic heterocycles.